The van der Waals surface area contributed by atoms with Crippen molar-refractivity contribution in [2.24, 2.45) is 0 Å². The zero-order valence-electron chi connectivity index (χ0n) is 10.8. The van der Waals surface area contributed by atoms with Crippen LogP contribution in [0.5, 0.6) is 5.75 Å². The van der Waals surface area contributed by atoms with E-state index < -0.39 is 0 Å². The lowest BCUT2D eigenvalue weighted by Crippen LogP contribution is -2.05. The largest absolute Gasteiger partial charge is 0.491 e. The van der Waals surface area contributed by atoms with E-state index in [4.69, 9.17) is 16.3 Å². The van der Waals surface area contributed by atoms with Crippen LogP contribution < -0.4 is 4.74 Å². The summed E-state index contributed by atoms with van der Waals surface area (Å²) in [4.78, 5) is 2.46. The molecule has 96 valence electrons. The molecular formula is C15H17ClOS. The Morgan fingerprint density at radius 1 is 1.17 bits per heavy atom. The zero-order chi connectivity index (χ0) is 13.1. The Morgan fingerprint density at radius 3 is 2.56 bits per heavy atom. The summed E-state index contributed by atoms with van der Waals surface area (Å²) < 4.78 is 5.69. The summed E-state index contributed by atoms with van der Waals surface area (Å²) >= 11 is 8.25. The van der Waals surface area contributed by atoms with Crippen molar-refractivity contribution in [1.82, 2.24) is 0 Å². The van der Waals surface area contributed by atoms with Gasteiger partial charge in [-0.05, 0) is 50.6 Å². The van der Waals surface area contributed by atoms with Crippen LogP contribution in [0.25, 0.3) is 0 Å². The van der Waals surface area contributed by atoms with Gasteiger partial charge in [0.05, 0.1) is 11.5 Å². The lowest BCUT2D eigenvalue weighted by atomic mass is 10.1. The Hall–Kier alpha value is -0.990. The summed E-state index contributed by atoms with van der Waals surface area (Å²) in [6.45, 7) is 6.14. The van der Waals surface area contributed by atoms with Crippen LogP contribution in [-0.4, -0.2) is 6.10 Å². The lowest BCUT2D eigenvalue weighted by Gasteiger charge is -2.13. The molecule has 0 amide bonds. The normalized spacial score (nSPS) is 12.7. The first-order chi connectivity index (χ1) is 8.56. The van der Waals surface area contributed by atoms with Crippen LogP contribution in [0.2, 0.25) is 0 Å². The van der Waals surface area contributed by atoms with E-state index in [0.29, 0.717) is 0 Å². The summed E-state index contributed by atoms with van der Waals surface area (Å²) in [5.41, 5.74) is 1.08. The van der Waals surface area contributed by atoms with E-state index in [-0.39, 0.29) is 11.5 Å². The van der Waals surface area contributed by atoms with Crippen molar-refractivity contribution in [3.05, 3.63) is 51.7 Å². The number of rotatable bonds is 4. The van der Waals surface area contributed by atoms with Gasteiger partial charge in [-0.15, -0.1) is 22.9 Å². The van der Waals surface area contributed by atoms with Gasteiger partial charge >= 0.3 is 0 Å². The summed E-state index contributed by atoms with van der Waals surface area (Å²) in [7, 11) is 0. The molecule has 1 atom stereocenters. The van der Waals surface area contributed by atoms with Crippen molar-refractivity contribution < 1.29 is 4.74 Å². The number of halogens is 1. The fraction of sp³-hybridized carbons (Fsp3) is 0.333. The molecule has 18 heavy (non-hydrogen) atoms. The average Bonchev–Trinajstić information content (AvgIpc) is 2.74. The second-order valence-electron chi connectivity index (χ2n) is 4.55. The van der Waals surface area contributed by atoms with Crippen molar-refractivity contribution >= 4 is 22.9 Å². The molecule has 0 aliphatic heterocycles. The van der Waals surface area contributed by atoms with Gasteiger partial charge in [-0.3, -0.25) is 0 Å². The summed E-state index contributed by atoms with van der Waals surface area (Å²) in [5, 5.41) is -0.0978. The quantitative estimate of drug-likeness (QED) is 0.702. The van der Waals surface area contributed by atoms with Crippen molar-refractivity contribution in [3.63, 3.8) is 0 Å². The Bertz CT molecular complexity index is 519. The fourth-order valence-corrected chi connectivity index (χ4v) is 3.00. The third-order valence-corrected chi connectivity index (χ3v) is 4.22. The van der Waals surface area contributed by atoms with E-state index in [1.807, 2.05) is 38.1 Å². The van der Waals surface area contributed by atoms with Crippen LogP contribution >= 0.6 is 22.9 Å². The highest BCUT2D eigenvalue weighted by Crippen LogP contribution is 2.34. The highest BCUT2D eigenvalue weighted by Gasteiger charge is 2.13. The smallest absolute Gasteiger partial charge is 0.120 e. The van der Waals surface area contributed by atoms with Gasteiger partial charge in [-0.25, -0.2) is 0 Å². The molecule has 0 saturated heterocycles. The van der Waals surface area contributed by atoms with E-state index in [9.17, 15) is 0 Å². The van der Waals surface area contributed by atoms with Gasteiger partial charge in [0.2, 0.25) is 0 Å². The molecule has 0 spiro atoms. The minimum absolute atomic E-state index is 0.0978. The van der Waals surface area contributed by atoms with Crippen molar-refractivity contribution in [2.75, 3.05) is 0 Å². The third-order valence-electron chi connectivity index (χ3n) is 2.53. The SMILES string of the molecule is Cc1ccc(C(Cl)c2cccc(OC(C)C)c2)s1. The third kappa shape index (κ3) is 3.27. The van der Waals surface area contributed by atoms with Gasteiger partial charge < -0.3 is 4.74 Å². The van der Waals surface area contributed by atoms with E-state index >= 15 is 0 Å². The highest BCUT2D eigenvalue weighted by molar-refractivity contribution is 7.12. The van der Waals surface area contributed by atoms with Crippen molar-refractivity contribution in [1.29, 1.82) is 0 Å². The van der Waals surface area contributed by atoms with Gasteiger partial charge in [0.25, 0.3) is 0 Å². The number of hydrogen-bond donors (Lipinski definition) is 0. The van der Waals surface area contributed by atoms with Gasteiger partial charge in [0.1, 0.15) is 5.75 Å². The first-order valence-corrected chi connectivity index (χ1v) is 7.28. The predicted octanol–water partition coefficient (Wildman–Crippen LogP) is 5.17. The monoisotopic (exact) mass is 280 g/mol. The number of ether oxygens (including phenoxy) is 1. The molecule has 0 radical (unpaired) electrons. The Balaban J connectivity index is 2.22. The molecule has 0 saturated carbocycles. The number of alkyl halides is 1. The van der Waals surface area contributed by atoms with Crippen LogP contribution in [0.15, 0.2) is 36.4 Å². The lowest BCUT2D eigenvalue weighted by molar-refractivity contribution is 0.242. The second-order valence-corrected chi connectivity index (χ2v) is 6.31. The number of aryl methyl sites for hydroxylation is 1. The van der Waals surface area contributed by atoms with Gasteiger partial charge in [0, 0.05) is 9.75 Å². The molecule has 0 aliphatic rings. The molecule has 1 aromatic heterocycles. The van der Waals surface area contributed by atoms with Gasteiger partial charge in [0.15, 0.2) is 0 Å². The van der Waals surface area contributed by atoms with Crippen molar-refractivity contribution in [2.45, 2.75) is 32.3 Å². The first-order valence-electron chi connectivity index (χ1n) is 6.03. The number of thiophene rings is 1. The number of hydrogen-bond acceptors (Lipinski definition) is 2. The highest BCUT2D eigenvalue weighted by atomic mass is 35.5. The molecular weight excluding hydrogens is 264 g/mol. The standard InChI is InChI=1S/C15H17ClOS/c1-10(2)17-13-6-4-5-12(9-13)15(16)14-8-7-11(3)18-14/h4-10,15H,1-3H3. The fourth-order valence-electron chi connectivity index (χ4n) is 1.77. The second kappa shape index (κ2) is 5.77. The molecule has 1 heterocycles. The minimum Gasteiger partial charge on any atom is -0.491 e. The zero-order valence-corrected chi connectivity index (χ0v) is 12.4. The maximum atomic E-state index is 6.51. The molecule has 0 bridgehead atoms. The van der Waals surface area contributed by atoms with E-state index in [1.165, 1.54) is 9.75 Å². The molecule has 2 aromatic rings. The maximum absolute atomic E-state index is 6.51. The van der Waals surface area contributed by atoms with E-state index in [0.717, 1.165) is 11.3 Å². The van der Waals surface area contributed by atoms with Crippen LogP contribution in [0.3, 0.4) is 0 Å². The molecule has 1 nitrogen and oxygen atoms in total. The van der Waals surface area contributed by atoms with Crippen molar-refractivity contribution in [3.8, 4) is 5.75 Å². The molecule has 2 rings (SSSR count). The van der Waals surface area contributed by atoms with Gasteiger partial charge in [-0.1, -0.05) is 12.1 Å². The topological polar surface area (TPSA) is 9.23 Å². The van der Waals surface area contributed by atoms with E-state index in [1.54, 1.807) is 11.3 Å². The van der Waals surface area contributed by atoms with E-state index in [2.05, 4.69) is 19.1 Å². The minimum atomic E-state index is -0.0978. The van der Waals surface area contributed by atoms with Crippen LogP contribution in [0, 0.1) is 6.92 Å². The average molecular weight is 281 g/mol. The Morgan fingerprint density at radius 2 is 1.94 bits per heavy atom. The number of benzene rings is 1. The van der Waals surface area contributed by atoms with Crippen LogP contribution in [0.4, 0.5) is 0 Å². The molecule has 3 heteroatoms. The molecule has 0 N–H and O–H groups in total. The summed E-state index contributed by atoms with van der Waals surface area (Å²) in [6, 6.07) is 12.2. The summed E-state index contributed by atoms with van der Waals surface area (Å²) in [5.74, 6) is 0.876. The summed E-state index contributed by atoms with van der Waals surface area (Å²) in [6.07, 6.45) is 0.179. The Kier molecular flexibility index (Phi) is 4.31. The molecule has 0 fully saturated rings. The first kappa shape index (κ1) is 13.4. The Labute approximate surface area is 117 Å². The van der Waals surface area contributed by atoms with Crippen LogP contribution in [0.1, 0.15) is 34.5 Å². The maximum Gasteiger partial charge on any atom is 0.120 e. The molecule has 1 aromatic carbocycles. The van der Waals surface area contributed by atoms with Crippen LogP contribution in [-0.2, 0) is 0 Å². The van der Waals surface area contributed by atoms with Gasteiger partial charge in [-0.2, -0.15) is 0 Å². The molecule has 1 unspecified atom stereocenters. The molecule has 0 aliphatic carbocycles. The predicted molar refractivity (Wildman–Crippen MR) is 79.0 cm³/mol.